The van der Waals surface area contributed by atoms with E-state index in [4.69, 9.17) is 26.8 Å². The van der Waals surface area contributed by atoms with Crippen LogP contribution in [0.25, 0.3) is 0 Å². The number of ether oxygens (including phenoxy) is 2. The molecule has 15 heavy (non-hydrogen) atoms. The van der Waals surface area contributed by atoms with Crippen LogP contribution >= 0.6 is 11.6 Å². The van der Waals surface area contributed by atoms with Crippen LogP contribution in [0.1, 0.15) is 12.5 Å². The standard InChI is InChI=1S/C11H16ClNO2/c1-11(7-13,15-3)8-4-5-10(14-2)9(12)6-8/h4-6H,7,13H2,1-3H3. The second kappa shape index (κ2) is 4.84. The number of rotatable bonds is 4. The highest BCUT2D eigenvalue weighted by molar-refractivity contribution is 6.32. The molecule has 0 aromatic heterocycles. The molecular weight excluding hydrogens is 214 g/mol. The maximum absolute atomic E-state index is 6.03. The molecule has 4 heteroatoms. The Morgan fingerprint density at radius 3 is 2.47 bits per heavy atom. The van der Waals surface area contributed by atoms with Crippen LogP contribution < -0.4 is 10.5 Å². The van der Waals surface area contributed by atoms with Crippen LogP contribution in [0.2, 0.25) is 5.02 Å². The minimum atomic E-state index is -0.504. The second-order valence-electron chi connectivity index (χ2n) is 3.49. The first-order valence-electron chi connectivity index (χ1n) is 4.66. The van der Waals surface area contributed by atoms with E-state index in [2.05, 4.69) is 0 Å². The molecule has 0 aliphatic heterocycles. The highest BCUT2D eigenvalue weighted by Gasteiger charge is 2.24. The molecule has 84 valence electrons. The highest BCUT2D eigenvalue weighted by atomic mass is 35.5. The lowest BCUT2D eigenvalue weighted by molar-refractivity contribution is 0.0101. The van der Waals surface area contributed by atoms with Gasteiger partial charge in [-0.3, -0.25) is 0 Å². The Labute approximate surface area is 95.1 Å². The minimum absolute atomic E-state index is 0.395. The van der Waals surface area contributed by atoms with E-state index in [9.17, 15) is 0 Å². The van der Waals surface area contributed by atoms with Gasteiger partial charge < -0.3 is 15.2 Å². The van der Waals surface area contributed by atoms with Crippen molar-refractivity contribution in [1.82, 2.24) is 0 Å². The van der Waals surface area contributed by atoms with Gasteiger partial charge in [0.15, 0.2) is 0 Å². The maximum atomic E-state index is 6.03. The van der Waals surface area contributed by atoms with Crippen molar-refractivity contribution < 1.29 is 9.47 Å². The summed E-state index contributed by atoms with van der Waals surface area (Å²) in [6.45, 7) is 2.32. The summed E-state index contributed by atoms with van der Waals surface area (Å²) in [5, 5.41) is 0.562. The lowest BCUT2D eigenvalue weighted by Gasteiger charge is -2.27. The Morgan fingerprint density at radius 2 is 2.07 bits per heavy atom. The molecule has 1 unspecified atom stereocenters. The van der Waals surface area contributed by atoms with E-state index in [-0.39, 0.29) is 0 Å². The first-order valence-corrected chi connectivity index (χ1v) is 5.04. The maximum Gasteiger partial charge on any atom is 0.137 e. The van der Waals surface area contributed by atoms with Crippen molar-refractivity contribution in [3.05, 3.63) is 28.8 Å². The molecule has 0 spiro atoms. The van der Waals surface area contributed by atoms with E-state index in [0.29, 0.717) is 17.3 Å². The first kappa shape index (κ1) is 12.3. The molecule has 0 aliphatic carbocycles. The molecular formula is C11H16ClNO2. The zero-order valence-electron chi connectivity index (χ0n) is 9.21. The van der Waals surface area contributed by atoms with Crippen molar-refractivity contribution in [2.75, 3.05) is 20.8 Å². The van der Waals surface area contributed by atoms with Crippen LogP contribution in [0.4, 0.5) is 0 Å². The summed E-state index contributed by atoms with van der Waals surface area (Å²) in [5.74, 6) is 0.649. The van der Waals surface area contributed by atoms with Crippen molar-refractivity contribution in [3.8, 4) is 5.75 Å². The molecule has 0 radical (unpaired) electrons. The predicted molar refractivity (Wildman–Crippen MR) is 61.4 cm³/mol. The molecule has 2 N–H and O–H groups in total. The molecule has 1 aromatic rings. The lowest BCUT2D eigenvalue weighted by atomic mass is 9.96. The molecule has 3 nitrogen and oxygen atoms in total. The molecule has 0 bridgehead atoms. The van der Waals surface area contributed by atoms with Crippen molar-refractivity contribution in [2.45, 2.75) is 12.5 Å². The smallest absolute Gasteiger partial charge is 0.137 e. The molecule has 1 rings (SSSR count). The molecule has 0 aliphatic rings. The van der Waals surface area contributed by atoms with E-state index in [0.717, 1.165) is 5.56 Å². The van der Waals surface area contributed by atoms with Gasteiger partial charge >= 0.3 is 0 Å². The monoisotopic (exact) mass is 229 g/mol. The summed E-state index contributed by atoms with van der Waals surface area (Å²) >= 11 is 6.03. The Bertz CT molecular complexity index is 337. The lowest BCUT2D eigenvalue weighted by Crippen LogP contribution is -2.33. The van der Waals surface area contributed by atoms with E-state index in [1.807, 2.05) is 25.1 Å². The Kier molecular flexibility index (Phi) is 3.97. The van der Waals surface area contributed by atoms with Gasteiger partial charge in [0.05, 0.1) is 12.1 Å². The van der Waals surface area contributed by atoms with Gasteiger partial charge in [0.25, 0.3) is 0 Å². The number of hydrogen-bond donors (Lipinski definition) is 1. The van der Waals surface area contributed by atoms with Crippen molar-refractivity contribution >= 4 is 11.6 Å². The molecule has 0 heterocycles. The summed E-state index contributed by atoms with van der Waals surface area (Å²) in [4.78, 5) is 0. The first-order chi connectivity index (χ1) is 7.07. The average molecular weight is 230 g/mol. The number of nitrogens with two attached hydrogens (primary N) is 1. The van der Waals surface area contributed by atoms with Crippen molar-refractivity contribution in [3.63, 3.8) is 0 Å². The van der Waals surface area contributed by atoms with Crippen LogP contribution in [0.15, 0.2) is 18.2 Å². The predicted octanol–water partition coefficient (Wildman–Crippen LogP) is 2.17. The fraction of sp³-hybridized carbons (Fsp3) is 0.455. The van der Waals surface area contributed by atoms with Crippen LogP contribution in [-0.2, 0) is 10.3 Å². The van der Waals surface area contributed by atoms with Gasteiger partial charge in [0, 0.05) is 13.7 Å². The fourth-order valence-electron chi connectivity index (χ4n) is 1.31. The van der Waals surface area contributed by atoms with Gasteiger partial charge in [-0.1, -0.05) is 17.7 Å². The van der Waals surface area contributed by atoms with Crippen molar-refractivity contribution in [2.24, 2.45) is 5.73 Å². The van der Waals surface area contributed by atoms with Crippen LogP contribution in [0.5, 0.6) is 5.75 Å². The average Bonchev–Trinajstić information content (AvgIpc) is 2.28. The van der Waals surface area contributed by atoms with Crippen LogP contribution in [0, 0.1) is 0 Å². The highest BCUT2D eigenvalue weighted by Crippen LogP contribution is 2.31. The quantitative estimate of drug-likeness (QED) is 0.861. The summed E-state index contributed by atoms with van der Waals surface area (Å²) in [6.07, 6.45) is 0. The summed E-state index contributed by atoms with van der Waals surface area (Å²) < 4.78 is 10.5. The van der Waals surface area contributed by atoms with E-state index < -0.39 is 5.60 Å². The van der Waals surface area contributed by atoms with Gasteiger partial charge in [-0.2, -0.15) is 0 Å². The SMILES string of the molecule is COc1ccc(C(C)(CN)OC)cc1Cl. The number of halogens is 1. The van der Waals surface area contributed by atoms with Gasteiger partial charge in [-0.15, -0.1) is 0 Å². The summed E-state index contributed by atoms with van der Waals surface area (Å²) in [7, 11) is 3.21. The van der Waals surface area contributed by atoms with Gasteiger partial charge in [-0.25, -0.2) is 0 Å². The van der Waals surface area contributed by atoms with Gasteiger partial charge in [0.1, 0.15) is 11.4 Å². The topological polar surface area (TPSA) is 44.5 Å². The Balaban J connectivity index is 3.11. The fourth-order valence-corrected chi connectivity index (χ4v) is 1.57. The number of hydrogen-bond acceptors (Lipinski definition) is 3. The third-order valence-corrected chi connectivity index (χ3v) is 2.90. The summed E-state index contributed by atoms with van der Waals surface area (Å²) in [5.41, 5.74) is 6.11. The number of benzene rings is 1. The summed E-state index contributed by atoms with van der Waals surface area (Å²) in [6, 6.07) is 5.53. The van der Waals surface area contributed by atoms with E-state index in [1.54, 1.807) is 14.2 Å². The second-order valence-corrected chi connectivity index (χ2v) is 3.90. The Morgan fingerprint density at radius 1 is 1.40 bits per heavy atom. The normalized spacial score (nSPS) is 14.7. The minimum Gasteiger partial charge on any atom is -0.495 e. The van der Waals surface area contributed by atoms with Gasteiger partial charge in [-0.05, 0) is 24.6 Å². The van der Waals surface area contributed by atoms with Crippen molar-refractivity contribution in [1.29, 1.82) is 0 Å². The molecule has 1 atom stereocenters. The van der Waals surface area contributed by atoms with E-state index >= 15 is 0 Å². The third kappa shape index (κ3) is 2.43. The Hall–Kier alpha value is -0.770. The zero-order chi connectivity index (χ0) is 11.5. The zero-order valence-corrected chi connectivity index (χ0v) is 9.97. The molecule has 1 aromatic carbocycles. The van der Waals surface area contributed by atoms with E-state index in [1.165, 1.54) is 0 Å². The third-order valence-electron chi connectivity index (χ3n) is 2.60. The molecule has 0 saturated heterocycles. The van der Waals surface area contributed by atoms with Crippen LogP contribution in [0.3, 0.4) is 0 Å². The molecule has 0 fully saturated rings. The van der Waals surface area contributed by atoms with Crippen LogP contribution in [-0.4, -0.2) is 20.8 Å². The number of methoxy groups -OCH3 is 2. The van der Waals surface area contributed by atoms with Gasteiger partial charge in [0.2, 0.25) is 0 Å². The molecule has 0 amide bonds. The largest absolute Gasteiger partial charge is 0.495 e. The molecule has 0 saturated carbocycles.